The largest absolute Gasteiger partial charge is 0.422 e. The van der Waals surface area contributed by atoms with Crippen molar-refractivity contribution in [2.75, 3.05) is 18.4 Å². The summed E-state index contributed by atoms with van der Waals surface area (Å²) in [5, 5.41) is 30.3. The van der Waals surface area contributed by atoms with Crippen molar-refractivity contribution in [3.63, 3.8) is 0 Å². The molecule has 1 unspecified atom stereocenters. The summed E-state index contributed by atoms with van der Waals surface area (Å²) in [7, 11) is 0. The third kappa shape index (κ3) is 4.05. The van der Waals surface area contributed by atoms with Crippen molar-refractivity contribution < 1.29 is 23.4 Å². The second-order valence-corrected chi connectivity index (χ2v) is 7.64. The molecule has 1 saturated heterocycles. The Kier molecular flexibility index (Phi) is 5.54. The molecule has 2 atom stereocenters. The number of fused-ring (bicyclic) bond motifs is 1. The van der Waals surface area contributed by atoms with Gasteiger partial charge in [-0.2, -0.15) is 18.3 Å². The Morgan fingerprint density at radius 3 is 2.77 bits per heavy atom. The lowest BCUT2D eigenvalue weighted by molar-refractivity contribution is -0.261. The third-order valence-corrected chi connectivity index (χ3v) is 5.30. The number of alkyl halides is 3. The Labute approximate surface area is 175 Å². The maximum Gasteiger partial charge on any atom is 0.422 e. The molecule has 0 amide bonds. The van der Waals surface area contributed by atoms with Crippen LogP contribution in [0.2, 0.25) is 0 Å². The zero-order valence-corrected chi connectivity index (χ0v) is 16.7. The molecule has 0 aliphatic carbocycles. The molecule has 31 heavy (non-hydrogen) atoms. The van der Waals surface area contributed by atoms with Gasteiger partial charge in [0.2, 0.25) is 5.60 Å². The number of aromatic nitrogens is 5. The minimum absolute atomic E-state index is 0.168. The molecule has 3 aromatic rings. The Morgan fingerprint density at radius 2 is 2.10 bits per heavy atom. The average molecular weight is 437 g/mol. The highest BCUT2D eigenvalue weighted by atomic mass is 19.4. The molecule has 1 aliphatic rings. The Hall–Kier alpha value is -2.83. The molecule has 0 bridgehead atoms. The summed E-state index contributed by atoms with van der Waals surface area (Å²) in [5.74, 6) is 0.524. The average Bonchev–Trinajstić information content (AvgIpc) is 3.16. The molecule has 3 aromatic heterocycles. The van der Waals surface area contributed by atoms with Crippen LogP contribution in [-0.4, -0.2) is 60.1 Å². The van der Waals surface area contributed by atoms with Crippen LogP contribution >= 0.6 is 0 Å². The first-order valence-electron chi connectivity index (χ1n) is 9.78. The van der Waals surface area contributed by atoms with Gasteiger partial charge in [0.15, 0.2) is 5.65 Å². The number of hydrogen-bond donors (Lipinski definition) is 4. The fourth-order valence-electron chi connectivity index (χ4n) is 3.53. The molecule has 166 valence electrons. The number of nitrogens with zero attached hydrogens (tertiary/aromatic N) is 5. The lowest BCUT2D eigenvalue weighted by Crippen LogP contribution is -2.41. The van der Waals surface area contributed by atoms with Gasteiger partial charge in [0, 0.05) is 18.2 Å². The van der Waals surface area contributed by atoms with Gasteiger partial charge >= 0.3 is 6.18 Å². The zero-order valence-electron chi connectivity index (χ0n) is 16.7. The van der Waals surface area contributed by atoms with E-state index in [1.54, 1.807) is 6.20 Å². The molecule has 0 aromatic carbocycles. The van der Waals surface area contributed by atoms with Gasteiger partial charge < -0.3 is 20.8 Å². The van der Waals surface area contributed by atoms with Gasteiger partial charge in [0.05, 0.1) is 25.2 Å². The highest BCUT2D eigenvalue weighted by molar-refractivity contribution is 5.60. The van der Waals surface area contributed by atoms with Crippen molar-refractivity contribution in [1.29, 1.82) is 0 Å². The smallest absolute Gasteiger partial charge is 0.392 e. The second kappa shape index (κ2) is 8.02. The number of aliphatic hydroxyl groups excluding tert-OH is 1. The lowest BCUT2D eigenvalue weighted by atomic mass is 9.97. The number of rotatable bonds is 5. The van der Waals surface area contributed by atoms with Gasteiger partial charge in [-0.25, -0.2) is 14.5 Å². The van der Waals surface area contributed by atoms with Crippen LogP contribution in [0.5, 0.6) is 0 Å². The summed E-state index contributed by atoms with van der Waals surface area (Å²) >= 11 is 0. The molecule has 4 rings (SSSR count). The fourth-order valence-corrected chi connectivity index (χ4v) is 3.53. The number of aliphatic hydroxyl groups is 2. The number of imidazole rings is 1. The van der Waals surface area contributed by atoms with Crippen molar-refractivity contribution in [2.24, 2.45) is 0 Å². The van der Waals surface area contributed by atoms with Gasteiger partial charge in [0.25, 0.3) is 0 Å². The molecule has 12 heteroatoms. The van der Waals surface area contributed by atoms with Crippen LogP contribution in [0.4, 0.5) is 19.0 Å². The van der Waals surface area contributed by atoms with Crippen molar-refractivity contribution in [1.82, 2.24) is 29.9 Å². The molecule has 4 N–H and O–H groups in total. The van der Waals surface area contributed by atoms with Crippen LogP contribution in [0.1, 0.15) is 31.0 Å². The van der Waals surface area contributed by atoms with Gasteiger partial charge in [-0.05, 0) is 32.4 Å². The number of hydrogen-bond acceptors (Lipinski definition) is 8. The summed E-state index contributed by atoms with van der Waals surface area (Å²) in [6, 6.07) is 1.45. The highest BCUT2D eigenvalue weighted by Gasteiger charge is 2.53. The van der Waals surface area contributed by atoms with E-state index in [2.05, 4.69) is 30.7 Å². The van der Waals surface area contributed by atoms with Crippen LogP contribution < -0.4 is 10.6 Å². The molecule has 4 heterocycles. The van der Waals surface area contributed by atoms with Gasteiger partial charge in [0.1, 0.15) is 22.9 Å². The van der Waals surface area contributed by atoms with Crippen molar-refractivity contribution in [2.45, 2.75) is 44.2 Å². The summed E-state index contributed by atoms with van der Waals surface area (Å²) in [6.07, 6.45) is 1.46. The van der Waals surface area contributed by atoms with E-state index < -0.39 is 24.1 Å². The van der Waals surface area contributed by atoms with Crippen LogP contribution in [0.3, 0.4) is 0 Å². The van der Waals surface area contributed by atoms with Crippen LogP contribution in [0, 0.1) is 0 Å². The van der Waals surface area contributed by atoms with Crippen LogP contribution in [0.15, 0.2) is 24.7 Å². The van der Waals surface area contributed by atoms with E-state index in [0.717, 1.165) is 30.4 Å². The van der Waals surface area contributed by atoms with E-state index in [4.69, 9.17) is 0 Å². The molecule has 9 nitrogen and oxygen atoms in total. The molecule has 1 fully saturated rings. The van der Waals surface area contributed by atoms with E-state index in [1.807, 2.05) is 0 Å². The molecular formula is C19H22F3N7O2. The second-order valence-electron chi connectivity index (χ2n) is 7.64. The van der Waals surface area contributed by atoms with Gasteiger partial charge in [-0.1, -0.05) is 0 Å². The van der Waals surface area contributed by atoms with Crippen LogP contribution in [-0.2, 0) is 12.2 Å². The minimum atomic E-state index is -4.99. The molecule has 0 saturated carbocycles. The first-order valence-corrected chi connectivity index (χ1v) is 9.78. The van der Waals surface area contributed by atoms with Crippen molar-refractivity contribution >= 4 is 11.5 Å². The van der Waals surface area contributed by atoms with Gasteiger partial charge in [-0.3, -0.25) is 4.98 Å². The maximum absolute atomic E-state index is 13.4. The molecular weight excluding hydrogens is 415 g/mol. The molecule has 0 radical (unpaired) electrons. The first-order chi connectivity index (χ1) is 14.7. The topological polar surface area (TPSA) is 120 Å². The quantitative estimate of drug-likeness (QED) is 0.475. The number of anilines is 1. The maximum atomic E-state index is 13.4. The van der Waals surface area contributed by atoms with E-state index in [-0.39, 0.29) is 17.3 Å². The Balaban J connectivity index is 1.75. The van der Waals surface area contributed by atoms with Crippen LogP contribution in [0.25, 0.3) is 17.0 Å². The van der Waals surface area contributed by atoms with E-state index in [9.17, 15) is 23.4 Å². The highest BCUT2D eigenvalue weighted by Crippen LogP contribution is 2.39. The van der Waals surface area contributed by atoms with Gasteiger partial charge in [-0.15, -0.1) is 0 Å². The van der Waals surface area contributed by atoms with Crippen molar-refractivity contribution in [3.8, 4) is 11.4 Å². The Morgan fingerprint density at radius 1 is 1.29 bits per heavy atom. The summed E-state index contributed by atoms with van der Waals surface area (Å²) in [5.41, 5.74) is -3.27. The number of nitrogens with one attached hydrogen (secondary N) is 2. The number of piperidine rings is 1. The predicted octanol–water partition coefficient (Wildman–Crippen LogP) is 1.61. The van der Waals surface area contributed by atoms with Crippen molar-refractivity contribution in [3.05, 3.63) is 35.9 Å². The monoisotopic (exact) mass is 437 g/mol. The van der Waals surface area contributed by atoms with E-state index >= 15 is 0 Å². The third-order valence-electron chi connectivity index (χ3n) is 5.30. The summed E-state index contributed by atoms with van der Waals surface area (Å²) in [4.78, 5) is 12.8. The predicted molar refractivity (Wildman–Crippen MR) is 105 cm³/mol. The first kappa shape index (κ1) is 21.4. The standard InChI is InChI=1S/C19H22F3N7O2/c1-18(31,19(20,21)22)17-11(10-30)5-16-25-8-14(29(16)28-17)13-7-24-9-15(27-13)26-12-3-2-4-23-6-12/h5,7-9,12,23,30-31H,2-4,6,10H2,1H3,(H,26,27)/t12-,18?/m1/s1. The SMILES string of the molecule is CC(O)(c1nn2c(-c3cncc(N[C@@H]4CCCNC4)n3)cnc2cc1CO)C(F)(F)F. The number of halogens is 3. The normalized spacial score (nSPS) is 19.4. The molecule has 1 aliphatic heterocycles. The van der Waals surface area contributed by atoms with E-state index in [0.29, 0.717) is 24.1 Å². The summed E-state index contributed by atoms with van der Waals surface area (Å²) in [6.45, 7) is 1.63. The summed E-state index contributed by atoms with van der Waals surface area (Å²) < 4.78 is 41.4. The lowest BCUT2D eigenvalue weighted by Gasteiger charge is -2.27. The fraction of sp³-hybridized carbons (Fsp3) is 0.474. The molecule has 0 spiro atoms. The minimum Gasteiger partial charge on any atom is -0.392 e. The van der Waals surface area contributed by atoms with E-state index in [1.165, 1.54) is 18.5 Å². The zero-order chi connectivity index (χ0) is 22.2. The Bertz CT molecular complexity index is 1080.